The maximum absolute atomic E-state index is 12.3. The van der Waals surface area contributed by atoms with E-state index in [-0.39, 0.29) is 18.2 Å². The Labute approximate surface area is 160 Å². The van der Waals surface area contributed by atoms with Crippen LogP contribution in [0.2, 0.25) is 0 Å². The number of thiazole rings is 1. The number of nitrogens with one attached hydrogen (secondary N) is 2. The van der Waals surface area contributed by atoms with E-state index in [0.29, 0.717) is 34.3 Å². The summed E-state index contributed by atoms with van der Waals surface area (Å²) in [6.45, 7) is 0.367. The van der Waals surface area contributed by atoms with Crippen LogP contribution in [0.1, 0.15) is 21.6 Å². The summed E-state index contributed by atoms with van der Waals surface area (Å²) >= 11 is 1.31. The van der Waals surface area contributed by atoms with E-state index in [2.05, 4.69) is 15.6 Å². The number of hydrogen-bond acceptors (Lipinski definition) is 6. The van der Waals surface area contributed by atoms with Crippen molar-refractivity contribution in [2.75, 3.05) is 16.8 Å². The molecule has 3 aromatic rings. The van der Waals surface area contributed by atoms with Gasteiger partial charge in [-0.25, -0.2) is 4.98 Å². The smallest absolute Gasteiger partial charge is 0.255 e. The van der Waals surface area contributed by atoms with E-state index >= 15 is 0 Å². The Bertz CT molecular complexity index is 953. The number of nitrogens with two attached hydrogens (primary N) is 2. The molecule has 3 rings (SSSR count). The van der Waals surface area contributed by atoms with E-state index in [1.54, 1.807) is 53.9 Å². The van der Waals surface area contributed by atoms with Gasteiger partial charge in [-0.2, -0.15) is 0 Å². The zero-order valence-corrected chi connectivity index (χ0v) is 15.3. The lowest BCUT2D eigenvalue weighted by molar-refractivity contribution is -0.120. The van der Waals surface area contributed by atoms with Crippen molar-refractivity contribution in [3.8, 4) is 0 Å². The maximum Gasteiger partial charge on any atom is 0.255 e. The molecule has 7 nitrogen and oxygen atoms in total. The predicted octanol–water partition coefficient (Wildman–Crippen LogP) is 2.42. The van der Waals surface area contributed by atoms with Crippen LogP contribution in [0.5, 0.6) is 0 Å². The molecule has 2 aromatic carbocycles. The molecular formula is C19H19N5O2S. The van der Waals surface area contributed by atoms with E-state index in [0.717, 1.165) is 5.56 Å². The number of hydrogen-bond donors (Lipinski definition) is 4. The first-order valence-electron chi connectivity index (χ1n) is 8.22. The summed E-state index contributed by atoms with van der Waals surface area (Å²) in [6.07, 6.45) is 0.187. The standard InChI is InChI=1S/C19H19N5O2S/c20-15-3-1-2-4-16(15)24-18(26)13-7-5-12(6-8-13)10-22-17(25)9-14-11-27-19(21)23-14/h1-8,11H,9-10,20H2,(H2,21,23)(H,22,25)(H,24,26). The molecule has 138 valence electrons. The second-order valence-electron chi connectivity index (χ2n) is 5.87. The summed E-state index contributed by atoms with van der Waals surface area (Å²) in [7, 11) is 0. The molecule has 0 radical (unpaired) electrons. The first kappa shape index (κ1) is 18.4. The summed E-state index contributed by atoms with van der Waals surface area (Å²) in [5.41, 5.74) is 14.5. The van der Waals surface area contributed by atoms with Crippen molar-refractivity contribution in [2.24, 2.45) is 0 Å². The van der Waals surface area contributed by atoms with Gasteiger partial charge in [-0.05, 0) is 29.8 Å². The third-order valence-electron chi connectivity index (χ3n) is 3.83. The molecule has 0 saturated carbocycles. The maximum atomic E-state index is 12.3. The Morgan fingerprint density at radius 1 is 1.04 bits per heavy atom. The molecule has 27 heavy (non-hydrogen) atoms. The third-order valence-corrected chi connectivity index (χ3v) is 4.55. The zero-order valence-electron chi connectivity index (χ0n) is 14.4. The minimum atomic E-state index is -0.246. The highest BCUT2D eigenvalue weighted by Gasteiger charge is 2.09. The number of nitrogens with zero attached hydrogens (tertiary/aromatic N) is 1. The van der Waals surface area contributed by atoms with E-state index in [1.165, 1.54) is 11.3 Å². The fourth-order valence-corrected chi connectivity index (χ4v) is 2.97. The van der Waals surface area contributed by atoms with Gasteiger partial charge in [-0.15, -0.1) is 11.3 Å². The Balaban J connectivity index is 1.53. The third kappa shape index (κ3) is 5.05. The van der Waals surface area contributed by atoms with Gasteiger partial charge in [-0.3, -0.25) is 9.59 Å². The van der Waals surface area contributed by atoms with Gasteiger partial charge in [-0.1, -0.05) is 24.3 Å². The van der Waals surface area contributed by atoms with Gasteiger partial charge in [0, 0.05) is 17.5 Å². The molecule has 0 bridgehead atoms. The lowest BCUT2D eigenvalue weighted by atomic mass is 10.1. The van der Waals surface area contributed by atoms with Crippen LogP contribution in [-0.2, 0) is 17.8 Å². The number of aromatic nitrogens is 1. The van der Waals surface area contributed by atoms with E-state index in [9.17, 15) is 9.59 Å². The molecule has 1 aromatic heterocycles. The highest BCUT2D eigenvalue weighted by Crippen LogP contribution is 2.18. The summed E-state index contributed by atoms with van der Waals surface area (Å²) in [5.74, 6) is -0.383. The monoisotopic (exact) mass is 381 g/mol. The molecule has 2 amide bonds. The summed E-state index contributed by atoms with van der Waals surface area (Å²) in [5, 5.41) is 7.81. The van der Waals surface area contributed by atoms with Crippen molar-refractivity contribution in [1.82, 2.24) is 10.3 Å². The molecule has 0 saturated heterocycles. The Kier molecular flexibility index (Phi) is 5.68. The average Bonchev–Trinajstić information content (AvgIpc) is 3.07. The number of nitrogen functional groups attached to an aromatic ring is 2. The Morgan fingerprint density at radius 3 is 2.44 bits per heavy atom. The van der Waals surface area contributed by atoms with Crippen LogP contribution in [0.4, 0.5) is 16.5 Å². The second kappa shape index (κ2) is 8.33. The number of rotatable bonds is 6. The number of anilines is 3. The number of para-hydroxylation sites is 2. The highest BCUT2D eigenvalue weighted by atomic mass is 32.1. The molecule has 0 unspecified atom stereocenters. The molecule has 0 fully saturated rings. The predicted molar refractivity (Wildman–Crippen MR) is 107 cm³/mol. The number of carbonyl (C=O) groups excluding carboxylic acids is 2. The average molecular weight is 381 g/mol. The number of amides is 2. The van der Waals surface area contributed by atoms with Gasteiger partial charge >= 0.3 is 0 Å². The second-order valence-corrected chi connectivity index (χ2v) is 6.76. The van der Waals surface area contributed by atoms with Gasteiger partial charge in [0.1, 0.15) is 0 Å². The highest BCUT2D eigenvalue weighted by molar-refractivity contribution is 7.13. The lowest BCUT2D eigenvalue weighted by Crippen LogP contribution is -2.24. The van der Waals surface area contributed by atoms with Crippen LogP contribution in [0, 0.1) is 0 Å². The zero-order chi connectivity index (χ0) is 19.2. The molecule has 0 atom stereocenters. The van der Waals surface area contributed by atoms with E-state index < -0.39 is 0 Å². The van der Waals surface area contributed by atoms with E-state index in [1.807, 2.05) is 0 Å². The van der Waals surface area contributed by atoms with Gasteiger partial charge in [0.2, 0.25) is 5.91 Å². The van der Waals surface area contributed by atoms with Crippen molar-refractivity contribution >= 4 is 39.7 Å². The SMILES string of the molecule is Nc1nc(CC(=O)NCc2ccc(C(=O)Nc3ccccc3N)cc2)cs1. The molecule has 8 heteroatoms. The molecular weight excluding hydrogens is 362 g/mol. The van der Waals surface area contributed by atoms with Gasteiger partial charge in [0.15, 0.2) is 5.13 Å². The Morgan fingerprint density at radius 2 is 1.78 bits per heavy atom. The fourth-order valence-electron chi connectivity index (χ4n) is 2.41. The van der Waals surface area contributed by atoms with E-state index in [4.69, 9.17) is 11.5 Å². The van der Waals surface area contributed by atoms with Crippen LogP contribution < -0.4 is 22.1 Å². The molecule has 0 spiro atoms. The fraction of sp³-hybridized carbons (Fsp3) is 0.105. The first-order chi connectivity index (χ1) is 13.0. The summed E-state index contributed by atoms with van der Waals surface area (Å²) in [4.78, 5) is 28.3. The molecule has 0 aliphatic rings. The van der Waals surface area contributed by atoms with Crippen molar-refractivity contribution in [3.63, 3.8) is 0 Å². The van der Waals surface area contributed by atoms with Crippen LogP contribution in [0.3, 0.4) is 0 Å². The molecule has 0 aliphatic heterocycles. The lowest BCUT2D eigenvalue weighted by Gasteiger charge is -2.09. The quantitative estimate of drug-likeness (QED) is 0.488. The van der Waals surface area contributed by atoms with Crippen molar-refractivity contribution < 1.29 is 9.59 Å². The molecule has 6 N–H and O–H groups in total. The topological polar surface area (TPSA) is 123 Å². The molecule has 0 aliphatic carbocycles. The van der Waals surface area contributed by atoms with Crippen LogP contribution in [0.25, 0.3) is 0 Å². The minimum Gasteiger partial charge on any atom is -0.397 e. The summed E-state index contributed by atoms with van der Waals surface area (Å²) in [6, 6.07) is 14.1. The summed E-state index contributed by atoms with van der Waals surface area (Å²) < 4.78 is 0. The van der Waals surface area contributed by atoms with Crippen molar-refractivity contribution in [1.29, 1.82) is 0 Å². The van der Waals surface area contributed by atoms with Crippen LogP contribution >= 0.6 is 11.3 Å². The van der Waals surface area contributed by atoms with Gasteiger partial charge in [0.25, 0.3) is 5.91 Å². The van der Waals surface area contributed by atoms with Crippen molar-refractivity contribution in [2.45, 2.75) is 13.0 Å². The molecule has 1 heterocycles. The van der Waals surface area contributed by atoms with Crippen LogP contribution in [0.15, 0.2) is 53.9 Å². The van der Waals surface area contributed by atoms with Crippen LogP contribution in [-0.4, -0.2) is 16.8 Å². The normalized spacial score (nSPS) is 10.4. The number of benzene rings is 2. The first-order valence-corrected chi connectivity index (χ1v) is 9.10. The Hall–Kier alpha value is -3.39. The number of carbonyl (C=O) groups is 2. The largest absolute Gasteiger partial charge is 0.397 e. The minimum absolute atomic E-state index is 0.137. The van der Waals surface area contributed by atoms with Gasteiger partial charge in [0.05, 0.1) is 23.5 Å². The van der Waals surface area contributed by atoms with Crippen molar-refractivity contribution in [3.05, 3.63) is 70.7 Å². The van der Waals surface area contributed by atoms with Gasteiger partial charge < -0.3 is 22.1 Å².